The van der Waals surface area contributed by atoms with E-state index in [2.05, 4.69) is 135 Å². The van der Waals surface area contributed by atoms with Gasteiger partial charge in [0.05, 0.1) is 25.4 Å². The van der Waals surface area contributed by atoms with E-state index in [0.717, 1.165) is 148 Å². The molecule has 1 fully saturated rings. The van der Waals surface area contributed by atoms with Gasteiger partial charge in [-0.25, -0.2) is 0 Å². The summed E-state index contributed by atoms with van der Waals surface area (Å²) in [6.45, 7) is 5.65. The number of aliphatic hydroxyl groups excluding tert-OH is 5. The molecule has 8 atom stereocenters. The van der Waals surface area contributed by atoms with Crippen molar-refractivity contribution in [2.75, 3.05) is 13.2 Å². The number of allylic oxidation sites excluding steroid dienone is 19. The van der Waals surface area contributed by atoms with Gasteiger partial charge in [0.15, 0.2) is 12.4 Å². The zero-order valence-corrected chi connectivity index (χ0v) is 55.3. The van der Waals surface area contributed by atoms with Crippen LogP contribution in [0.5, 0.6) is 0 Å². The van der Waals surface area contributed by atoms with Crippen molar-refractivity contribution in [1.29, 1.82) is 0 Å². The molecule has 87 heavy (non-hydrogen) atoms. The minimum atomic E-state index is -1.63. The second-order valence-corrected chi connectivity index (χ2v) is 23.9. The first-order valence-electron chi connectivity index (χ1n) is 35.3. The lowest BCUT2D eigenvalue weighted by molar-refractivity contribution is -0.305. The van der Waals surface area contributed by atoms with E-state index in [0.29, 0.717) is 12.8 Å². The standard InChI is InChI=1S/C76H129NO10/c1-4-7-10-13-16-19-22-25-27-29-31-32-33-34-35-36-37-39-40-42-45-48-51-54-57-60-63-69(80)75(84)77-67(68(79)62-59-56-53-50-47-44-24-21-18-15-12-9-6-3)66-85-76-74(73(83)72(82)70(65-78)86-76)87-71(81)64-61-58-55-52-49-46-43-41-38-30-28-26-23-20-17-14-11-8-5-2/h7,10,16-17,19-20,25-28,31-32,34-35,37-39,41,59,62,67-70,72-74,76,78-80,82-83H,4-6,8-9,11-15,18,21-24,29-30,33,36,40,42-58,60-61,63-66H2,1-3H3,(H,77,84)/b10-7-,19-16-,20-17-,27-25-,28-26-,32-31-,35-34-,39-37-,41-38-,62-59+. The summed E-state index contributed by atoms with van der Waals surface area (Å²) in [6.07, 6.45) is 76.5. The third-order valence-corrected chi connectivity index (χ3v) is 15.8. The molecular weight excluding hydrogens is 1090 g/mol. The number of hydrogen-bond donors (Lipinski definition) is 6. The smallest absolute Gasteiger partial charge is 0.306 e. The normalized spacial score (nSPS) is 19.0. The molecule has 0 aromatic heterocycles. The summed E-state index contributed by atoms with van der Waals surface area (Å²) < 4.78 is 17.7. The van der Waals surface area contributed by atoms with E-state index in [1.165, 1.54) is 89.9 Å². The van der Waals surface area contributed by atoms with Crippen molar-refractivity contribution >= 4 is 11.9 Å². The Kier molecular flexibility index (Phi) is 58.0. The van der Waals surface area contributed by atoms with Crippen molar-refractivity contribution < 1.29 is 49.3 Å². The number of carbonyl (C=O) groups is 2. The van der Waals surface area contributed by atoms with Crippen molar-refractivity contribution in [1.82, 2.24) is 5.32 Å². The number of nitrogens with one attached hydrogen (secondary N) is 1. The van der Waals surface area contributed by atoms with Crippen molar-refractivity contribution in [3.63, 3.8) is 0 Å². The van der Waals surface area contributed by atoms with Crippen LogP contribution >= 0.6 is 0 Å². The van der Waals surface area contributed by atoms with Gasteiger partial charge in [-0.1, -0.05) is 284 Å². The second kappa shape index (κ2) is 62.3. The van der Waals surface area contributed by atoms with E-state index in [1.54, 1.807) is 6.08 Å². The lowest BCUT2D eigenvalue weighted by Gasteiger charge is -2.41. The van der Waals surface area contributed by atoms with Crippen molar-refractivity contribution in [2.24, 2.45) is 0 Å². The van der Waals surface area contributed by atoms with Crippen LogP contribution in [-0.4, -0.2) is 99.6 Å². The molecule has 0 aliphatic carbocycles. The van der Waals surface area contributed by atoms with Crippen LogP contribution < -0.4 is 5.32 Å². The fourth-order valence-electron chi connectivity index (χ4n) is 10.3. The Hall–Kier alpha value is -3.94. The third-order valence-electron chi connectivity index (χ3n) is 15.8. The average molecular weight is 1220 g/mol. The molecule has 6 N–H and O–H groups in total. The maximum absolute atomic E-state index is 13.5. The van der Waals surface area contributed by atoms with Crippen molar-refractivity contribution in [3.05, 3.63) is 122 Å². The molecule has 1 rings (SSSR count). The van der Waals surface area contributed by atoms with E-state index < -0.39 is 67.4 Å². The molecule has 0 aromatic rings. The van der Waals surface area contributed by atoms with Gasteiger partial charge in [0.2, 0.25) is 5.91 Å². The molecule has 1 aliphatic heterocycles. The molecule has 0 saturated carbocycles. The predicted molar refractivity (Wildman–Crippen MR) is 365 cm³/mol. The highest BCUT2D eigenvalue weighted by molar-refractivity contribution is 5.80. The van der Waals surface area contributed by atoms with Gasteiger partial charge >= 0.3 is 5.97 Å². The predicted octanol–water partition coefficient (Wildman–Crippen LogP) is 18.2. The Labute approximate surface area is 531 Å². The zero-order valence-electron chi connectivity index (χ0n) is 55.3. The van der Waals surface area contributed by atoms with E-state index in [-0.39, 0.29) is 19.4 Å². The van der Waals surface area contributed by atoms with Gasteiger partial charge in [-0.2, -0.15) is 0 Å². The largest absolute Gasteiger partial charge is 0.454 e. The van der Waals surface area contributed by atoms with Crippen LogP contribution in [0.3, 0.4) is 0 Å². The molecule has 11 nitrogen and oxygen atoms in total. The first-order chi connectivity index (χ1) is 42.7. The van der Waals surface area contributed by atoms with Gasteiger partial charge in [0.25, 0.3) is 0 Å². The fraction of sp³-hybridized carbons (Fsp3) is 0.711. The summed E-state index contributed by atoms with van der Waals surface area (Å²) in [4.78, 5) is 26.7. The molecule has 1 aliphatic rings. The Morgan fingerprint density at radius 1 is 0.460 bits per heavy atom. The Morgan fingerprint density at radius 3 is 1.26 bits per heavy atom. The molecule has 0 aromatic carbocycles. The SMILES string of the molecule is CC/C=C\C/C=C\C/C=C\C/C=C\C/C=C\C/C=C\CCCCCCCCCC(O)C(=O)NC(COC1OC(CO)C(O)C(O)C1OC(=O)CCCCCCCC/C=C\C/C=C\C/C=C\CCCCC)C(O)/C=C/CCCCCCCCCCCCC. The third kappa shape index (κ3) is 49.5. The Morgan fingerprint density at radius 2 is 0.828 bits per heavy atom. The first-order valence-corrected chi connectivity index (χ1v) is 35.3. The minimum Gasteiger partial charge on any atom is -0.454 e. The summed E-state index contributed by atoms with van der Waals surface area (Å²) >= 11 is 0. The monoisotopic (exact) mass is 1220 g/mol. The number of amides is 1. The molecule has 1 amide bonds. The summed E-state index contributed by atoms with van der Waals surface area (Å²) in [5, 5.41) is 57.3. The Bertz CT molecular complexity index is 1880. The minimum absolute atomic E-state index is 0.102. The lowest BCUT2D eigenvalue weighted by Crippen LogP contribution is -2.61. The molecule has 1 saturated heterocycles. The van der Waals surface area contributed by atoms with Gasteiger partial charge in [0.1, 0.15) is 24.4 Å². The zero-order chi connectivity index (χ0) is 63.1. The lowest BCUT2D eigenvalue weighted by atomic mass is 9.99. The van der Waals surface area contributed by atoms with Gasteiger partial charge in [0, 0.05) is 6.42 Å². The highest BCUT2D eigenvalue weighted by atomic mass is 16.7. The maximum atomic E-state index is 13.5. The van der Waals surface area contributed by atoms with Crippen LogP contribution in [0.2, 0.25) is 0 Å². The molecular formula is C76H129NO10. The second-order valence-electron chi connectivity index (χ2n) is 23.9. The number of carbonyl (C=O) groups excluding carboxylic acids is 2. The van der Waals surface area contributed by atoms with Crippen LogP contribution in [0.1, 0.15) is 284 Å². The summed E-state index contributed by atoms with van der Waals surface area (Å²) in [5.41, 5.74) is 0. The van der Waals surface area contributed by atoms with E-state index in [4.69, 9.17) is 14.2 Å². The molecule has 0 bridgehead atoms. The van der Waals surface area contributed by atoms with Crippen LogP contribution in [-0.2, 0) is 23.8 Å². The summed E-state index contributed by atoms with van der Waals surface area (Å²) in [5.74, 6) is -1.22. The molecule has 8 unspecified atom stereocenters. The van der Waals surface area contributed by atoms with Gasteiger partial charge < -0.3 is 45.1 Å². The van der Waals surface area contributed by atoms with E-state index in [9.17, 15) is 35.1 Å². The van der Waals surface area contributed by atoms with Crippen LogP contribution in [0.25, 0.3) is 0 Å². The quantitative estimate of drug-likeness (QED) is 0.0195. The molecule has 498 valence electrons. The average Bonchev–Trinajstić information content (AvgIpc) is 1.52. The highest BCUT2D eigenvalue weighted by Gasteiger charge is 2.47. The van der Waals surface area contributed by atoms with Crippen LogP contribution in [0.4, 0.5) is 0 Å². The number of aliphatic hydroxyl groups is 5. The number of ether oxygens (including phenoxy) is 3. The number of hydrogen-bond acceptors (Lipinski definition) is 10. The van der Waals surface area contributed by atoms with E-state index >= 15 is 0 Å². The molecule has 1 heterocycles. The van der Waals surface area contributed by atoms with Crippen LogP contribution in [0, 0.1) is 0 Å². The van der Waals surface area contributed by atoms with Gasteiger partial charge in [-0.15, -0.1) is 0 Å². The number of rotatable bonds is 59. The van der Waals surface area contributed by atoms with E-state index in [1.807, 2.05) is 6.08 Å². The highest BCUT2D eigenvalue weighted by Crippen LogP contribution is 2.26. The molecule has 0 radical (unpaired) electrons. The number of unbranched alkanes of at least 4 members (excludes halogenated alkanes) is 27. The van der Waals surface area contributed by atoms with Crippen molar-refractivity contribution in [2.45, 2.75) is 333 Å². The Balaban J connectivity index is 2.63. The summed E-state index contributed by atoms with van der Waals surface area (Å²) in [7, 11) is 0. The van der Waals surface area contributed by atoms with Crippen molar-refractivity contribution in [3.8, 4) is 0 Å². The topological polar surface area (TPSA) is 175 Å². The van der Waals surface area contributed by atoms with Gasteiger partial charge in [-0.05, 0) is 116 Å². The summed E-state index contributed by atoms with van der Waals surface area (Å²) in [6, 6.07) is -1.04. The first kappa shape index (κ1) is 81.1. The molecule has 11 heteroatoms. The fourth-order valence-corrected chi connectivity index (χ4v) is 10.3. The maximum Gasteiger partial charge on any atom is 0.306 e. The van der Waals surface area contributed by atoms with Crippen LogP contribution in [0.15, 0.2) is 122 Å². The molecule has 0 spiro atoms. The number of esters is 1. The van der Waals surface area contributed by atoms with Gasteiger partial charge in [-0.3, -0.25) is 9.59 Å².